The minimum Gasteiger partial charge on any atom is -0.468 e. The molecule has 0 aliphatic heterocycles. The van der Waals surface area contributed by atoms with E-state index < -0.39 is 15.7 Å². The Kier molecular flexibility index (Phi) is 6.52. The van der Waals surface area contributed by atoms with Crippen LogP contribution in [0.15, 0.2) is 58.4 Å². The second-order valence-electron chi connectivity index (χ2n) is 6.63. The van der Waals surface area contributed by atoms with Crippen LogP contribution in [0.1, 0.15) is 23.9 Å². The van der Waals surface area contributed by atoms with Crippen molar-refractivity contribution in [2.24, 2.45) is 0 Å². The first-order chi connectivity index (χ1) is 13.9. The van der Waals surface area contributed by atoms with E-state index in [4.69, 9.17) is 4.42 Å². The van der Waals surface area contributed by atoms with E-state index in [9.17, 15) is 12.8 Å². The van der Waals surface area contributed by atoms with Crippen molar-refractivity contribution in [3.8, 4) is 11.8 Å². The molecule has 0 aliphatic carbocycles. The Balaban J connectivity index is 1.95. The normalized spacial score (nSPS) is 11.4. The van der Waals surface area contributed by atoms with Crippen molar-refractivity contribution >= 4 is 9.84 Å². The number of aromatic nitrogens is 2. The van der Waals surface area contributed by atoms with Gasteiger partial charge in [-0.15, -0.1) is 5.92 Å². The molecule has 29 heavy (non-hydrogen) atoms. The fourth-order valence-electron chi connectivity index (χ4n) is 2.99. The number of hydrogen-bond acceptors (Lipinski definition) is 5. The van der Waals surface area contributed by atoms with Gasteiger partial charge in [0.2, 0.25) is 15.0 Å². The van der Waals surface area contributed by atoms with E-state index in [2.05, 4.69) is 16.8 Å². The van der Waals surface area contributed by atoms with Crippen LogP contribution in [-0.2, 0) is 29.5 Å². The zero-order valence-corrected chi connectivity index (χ0v) is 17.1. The van der Waals surface area contributed by atoms with E-state index in [0.717, 1.165) is 12.0 Å². The third-order valence-electron chi connectivity index (χ3n) is 4.34. The van der Waals surface area contributed by atoms with Crippen LogP contribution in [0.4, 0.5) is 4.39 Å². The Hall–Kier alpha value is -2.89. The zero-order chi connectivity index (χ0) is 20.9. The zero-order valence-electron chi connectivity index (χ0n) is 16.3. The van der Waals surface area contributed by atoms with Gasteiger partial charge < -0.3 is 8.98 Å². The lowest BCUT2D eigenvalue weighted by molar-refractivity contribution is 0.257. The molecule has 0 fully saturated rings. The van der Waals surface area contributed by atoms with Crippen LogP contribution in [-0.4, -0.2) is 35.7 Å². The van der Waals surface area contributed by atoms with Crippen molar-refractivity contribution in [1.82, 2.24) is 14.5 Å². The molecular formula is C21H22FN3O3S. The van der Waals surface area contributed by atoms with Crippen LogP contribution in [0.3, 0.4) is 0 Å². The summed E-state index contributed by atoms with van der Waals surface area (Å²) in [7, 11) is -3.58. The molecule has 152 valence electrons. The van der Waals surface area contributed by atoms with Gasteiger partial charge in [-0.3, -0.25) is 4.90 Å². The molecule has 0 saturated heterocycles. The molecule has 0 amide bonds. The van der Waals surface area contributed by atoms with Crippen molar-refractivity contribution in [1.29, 1.82) is 0 Å². The maximum atomic E-state index is 14.2. The Morgan fingerprint density at radius 3 is 2.66 bits per heavy atom. The average molecular weight is 415 g/mol. The number of furan rings is 1. The van der Waals surface area contributed by atoms with Gasteiger partial charge in [-0.1, -0.05) is 24.1 Å². The molecule has 2 aromatic heterocycles. The quantitative estimate of drug-likeness (QED) is 0.529. The minimum atomic E-state index is -3.58. The number of sulfone groups is 1. The van der Waals surface area contributed by atoms with Gasteiger partial charge in [0.1, 0.15) is 11.6 Å². The molecule has 0 atom stereocenters. The fraction of sp³-hybridized carbons (Fsp3) is 0.286. The van der Waals surface area contributed by atoms with Crippen LogP contribution in [0.25, 0.3) is 0 Å². The molecule has 0 aliphatic rings. The lowest BCUT2D eigenvalue weighted by atomic mass is 10.2. The Morgan fingerprint density at radius 1 is 1.21 bits per heavy atom. The fourth-order valence-corrected chi connectivity index (χ4v) is 3.82. The van der Waals surface area contributed by atoms with Gasteiger partial charge >= 0.3 is 0 Å². The average Bonchev–Trinajstić information content (AvgIpc) is 3.31. The summed E-state index contributed by atoms with van der Waals surface area (Å²) in [6, 6.07) is 9.98. The number of rotatable bonds is 8. The number of imidazole rings is 1. The smallest absolute Gasteiger partial charge is 0.227 e. The molecule has 0 saturated carbocycles. The van der Waals surface area contributed by atoms with Gasteiger partial charge in [-0.2, -0.15) is 0 Å². The second-order valence-corrected chi connectivity index (χ2v) is 8.54. The summed E-state index contributed by atoms with van der Waals surface area (Å²) in [4.78, 5) is 6.12. The predicted octanol–water partition coefficient (Wildman–Crippen LogP) is 3.09. The Labute approximate surface area is 169 Å². The summed E-state index contributed by atoms with van der Waals surface area (Å²) in [5.74, 6) is 6.26. The van der Waals surface area contributed by atoms with Crippen molar-refractivity contribution < 1.29 is 17.2 Å². The van der Waals surface area contributed by atoms with E-state index in [0.29, 0.717) is 30.9 Å². The van der Waals surface area contributed by atoms with E-state index in [-0.39, 0.29) is 11.7 Å². The highest BCUT2D eigenvalue weighted by molar-refractivity contribution is 7.90. The lowest BCUT2D eigenvalue weighted by Gasteiger charge is -2.20. The van der Waals surface area contributed by atoms with Crippen molar-refractivity contribution in [2.75, 3.05) is 12.8 Å². The predicted molar refractivity (Wildman–Crippen MR) is 107 cm³/mol. The van der Waals surface area contributed by atoms with Crippen LogP contribution in [0.2, 0.25) is 0 Å². The number of halogens is 1. The SMILES string of the molecule is CC#CCN(Cc1ccco1)Cc1cnc(S(C)(=O)=O)n1Cc1ccccc1F. The molecule has 0 radical (unpaired) electrons. The third kappa shape index (κ3) is 5.34. The maximum absolute atomic E-state index is 14.2. The molecule has 2 heterocycles. The summed E-state index contributed by atoms with van der Waals surface area (Å²) in [6.07, 6.45) is 4.22. The van der Waals surface area contributed by atoms with Crippen molar-refractivity contribution in [3.05, 3.63) is 71.7 Å². The van der Waals surface area contributed by atoms with Crippen molar-refractivity contribution in [2.45, 2.75) is 31.7 Å². The van der Waals surface area contributed by atoms with Gasteiger partial charge in [-0.25, -0.2) is 17.8 Å². The standard InChI is InChI=1S/C21H22FN3O3S/c1-3-4-11-24(16-19-9-7-12-28-19)15-18-13-23-21(29(2,26)27)25(18)14-17-8-5-6-10-20(17)22/h5-10,12-13H,11,14-16H2,1-2H3. The van der Waals surface area contributed by atoms with Gasteiger partial charge in [-0.05, 0) is 25.1 Å². The molecule has 0 unspecified atom stereocenters. The van der Waals surface area contributed by atoms with Crippen LogP contribution in [0, 0.1) is 17.7 Å². The van der Waals surface area contributed by atoms with E-state index in [1.807, 2.05) is 17.0 Å². The van der Waals surface area contributed by atoms with Crippen molar-refractivity contribution in [3.63, 3.8) is 0 Å². The third-order valence-corrected chi connectivity index (χ3v) is 5.33. The first kappa shape index (κ1) is 20.8. The van der Waals surface area contributed by atoms with E-state index >= 15 is 0 Å². The summed E-state index contributed by atoms with van der Waals surface area (Å²) in [5, 5.41) is -0.0877. The molecule has 0 spiro atoms. The summed E-state index contributed by atoms with van der Waals surface area (Å²) < 4.78 is 45.6. The summed E-state index contributed by atoms with van der Waals surface area (Å²) in [5.41, 5.74) is 1.04. The first-order valence-electron chi connectivity index (χ1n) is 9.00. The maximum Gasteiger partial charge on any atom is 0.227 e. The molecule has 3 rings (SSSR count). The van der Waals surface area contributed by atoms with Crippen LogP contribution >= 0.6 is 0 Å². The monoisotopic (exact) mass is 415 g/mol. The molecule has 6 nitrogen and oxygen atoms in total. The molecular weight excluding hydrogens is 393 g/mol. The topological polar surface area (TPSA) is 68.3 Å². The van der Waals surface area contributed by atoms with E-state index in [1.54, 1.807) is 36.0 Å². The van der Waals surface area contributed by atoms with Crippen LogP contribution < -0.4 is 0 Å². The Morgan fingerprint density at radius 2 is 2.00 bits per heavy atom. The van der Waals surface area contributed by atoms with Gasteiger partial charge in [0.05, 0.1) is 37.8 Å². The molecule has 0 N–H and O–H groups in total. The molecule has 8 heteroatoms. The summed E-state index contributed by atoms with van der Waals surface area (Å²) in [6.45, 7) is 3.18. The minimum absolute atomic E-state index is 0.0679. The first-order valence-corrected chi connectivity index (χ1v) is 10.9. The number of nitrogens with zero attached hydrogens (tertiary/aromatic N) is 3. The highest BCUT2D eigenvalue weighted by Crippen LogP contribution is 2.19. The number of benzene rings is 1. The van der Waals surface area contributed by atoms with Gasteiger partial charge in [0.25, 0.3) is 0 Å². The largest absolute Gasteiger partial charge is 0.468 e. The van der Waals surface area contributed by atoms with Gasteiger partial charge in [0.15, 0.2) is 0 Å². The summed E-state index contributed by atoms with van der Waals surface area (Å²) >= 11 is 0. The Bertz CT molecular complexity index is 1130. The molecule has 3 aromatic rings. The number of hydrogen-bond donors (Lipinski definition) is 0. The molecule has 0 bridgehead atoms. The highest BCUT2D eigenvalue weighted by atomic mass is 32.2. The molecule has 1 aromatic carbocycles. The lowest BCUT2D eigenvalue weighted by Crippen LogP contribution is -2.25. The van der Waals surface area contributed by atoms with Gasteiger partial charge in [0, 0.05) is 18.4 Å². The highest BCUT2D eigenvalue weighted by Gasteiger charge is 2.21. The van der Waals surface area contributed by atoms with E-state index in [1.165, 1.54) is 12.3 Å². The van der Waals surface area contributed by atoms with Crippen LogP contribution in [0.5, 0.6) is 0 Å². The second kappa shape index (κ2) is 9.07.